The summed E-state index contributed by atoms with van der Waals surface area (Å²) in [6, 6.07) is 29.5. The van der Waals surface area contributed by atoms with Gasteiger partial charge in [0.05, 0.1) is 11.0 Å². The molecular formula is C45H31F12N. The number of halogens is 12. The number of aromatic nitrogens is 1. The highest BCUT2D eigenvalue weighted by atomic mass is 19.4. The van der Waals surface area contributed by atoms with Crippen molar-refractivity contribution in [2.45, 2.75) is 54.8 Å². The molecule has 58 heavy (non-hydrogen) atoms. The van der Waals surface area contributed by atoms with E-state index >= 15 is 52.7 Å². The van der Waals surface area contributed by atoms with E-state index in [1.165, 1.54) is 16.7 Å². The molecular weight excluding hydrogens is 782 g/mol. The van der Waals surface area contributed by atoms with E-state index in [0.717, 1.165) is 47.5 Å². The fourth-order valence-corrected chi connectivity index (χ4v) is 8.16. The fourth-order valence-electron chi connectivity index (χ4n) is 8.16. The Kier molecular flexibility index (Phi) is 9.56. The van der Waals surface area contributed by atoms with Crippen LogP contribution in [-0.2, 0) is 16.2 Å². The average molecular weight is 814 g/mol. The number of fused-ring (bicyclic) bond motifs is 3. The second-order valence-electron chi connectivity index (χ2n) is 14.6. The Hall–Kier alpha value is -5.72. The van der Waals surface area contributed by atoms with Gasteiger partial charge >= 0.3 is 24.7 Å². The molecule has 0 N–H and O–H groups in total. The van der Waals surface area contributed by atoms with Gasteiger partial charge in [0.1, 0.15) is 0 Å². The van der Waals surface area contributed by atoms with E-state index in [2.05, 4.69) is 0 Å². The standard InChI is InChI=1S/C45H31F12N/c1-39(2,28-12-6-3-7-13-28)29-18-22-34(23-19-29)58-37-24-20-32(40(42(46,47)48,43(49,50)51)30-14-8-4-9-15-30)26-35(37)36-27-33(21-25-38(36)58)41(44(52,53)54,45(55,56)57)31-16-10-5-11-17-31/h3-27H,1-2H3. The summed E-state index contributed by atoms with van der Waals surface area (Å²) in [5.74, 6) is 0. The lowest BCUT2D eigenvalue weighted by Crippen LogP contribution is -2.54. The summed E-state index contributed by atoms with van der Waals surface area (Å²) in [6.07, 6.45) is -24.1. The molecule has 300 valence electrons. The molecule has 0 spiro atoms. The summed E-state index contributed by atoms with van der Waals surface area (Å²) in [6.45, 7) is 3.92. The molecule has 1 heterocycles. The van der Waals surface area contributed by atoms with E-state index in [-0.39, 0.29) is 16.7 Å². The smallest absolute Gasteiger partial charge is 0.309 e. The van der Waals surface area contributed by atoms with E-state index in [4.69, 9.17) is 0 Å². The van der Waals surface area contributed by atoms with Gasteiger partial charge in [0.15, 0.2) is 0 Å². The first-order chi connectivity index (χ1) is 27.1. The summed E-state index contributed by atoms with van der Waals surface area (Å²) < 4.78 is 184. The Labute approximate surface area is 324 Å². The summed E-state index contributed by atoms with van der Waals surface area (Å²) in [7, 11) is 0. The summed E-state index contributed by atoms with van der Waals surface area (Å²) in [5.41, 5.74) is -13.0. The van der Waals surface area contributed by atoms with Crippen LogP contribution < -0.4 is 0 Å². The summed E-state index contributed by atoms with van der Waals surface area (Å²) in [4.78, 5) is 0. The molecule has 0 unspecified atom stereocenters. The lowest BCUT2D eigenvalue weighted by molar-refractivity contribution is -0.290. The predicted octanol–water partition coefficient (Wildman–Crippen LogP) is 13.9. The second-order valence-corrected chi connectivity index (χ2v) is 14.6. The van der Waals surface area contributed by atoms with E-state index in [1.54, 1.807) is 24.3 Å². The zero-order valence-corrected chi connectivity index (χ0v) is 30.4. The van der Waals surface area contributed by atoms with Crippen LogP contribution in [0.1, 0.15) is 47.2 Å². The molecule has 0 radical (unpaired) electrons. The molecule has 0 saturated carbocycles. The number of hydrogen-bond donors (Lipinski definition) is 0. The Morgan fingerprint density at radius 2 is 0.621 bits per heavy atom. The van der Waals surface area contributed by atoms with Crippen molar-refractivity contribution in [2.24, 2.45) is 0 Å². The Balaban J connectivity index is 1.58. The number of hydrogen-bond acceptors (Lipinski definition) is 0. The number of nitrogens with zero attached hydrogens (tertiary/aromatic N) is 1. The van der Waals surface area contributed by atoms with E-state index < -0.39 is 74.0 Å². The molecule has 0 fully saturated rings. The first kappa shape index (κ1) is 40.5. The van der Waals surface area contributed by atoms with Crippen LogP contribution in [0.15, 0.2) is 152 Å². The molecule has 0 bridgehead atoms. The first-order valence-electron chi connectivity index (χ1n) is 17.7. The van der Waals surface area contributed by atoms with E-state index in [0.29, 0.717) is 48.5 Å². The van der Waals surface area contributed by atoms with Gasteiger partial charge in [-0.05, 0) is 69.8 Å². The van der Waals surface area contributed by atoms with Gasteiger partial charge in [0, 0.05) is 21.9 Å². The summed E-state index contributed by atoms with van der Waals surface area (Å²) in [5, 5.41) is -0.883. The second kappa shape index (κ2) is 13.7. The molecule has 0 aliphatic carbocycles. The van der Waals surface area contributed by atoms with Gasteiger partial charge in [-0.3, -0.25) is 0 Å². The van der Waals surface area contributed by atoms with Crippen LogP contribution in [0, 0.1) is 0 Å². The van der Waals surface area contributed by atoms with Crippen LogP contribution in [0.5, 0.6) is 0 Å². The largest absolute Gasteiger partial charge is 0.411 e. The molecule has 1 aromatic heterocycles. The molecule has 13 heteroatoms. The maximum atomic E-state index is 15.2. The quantitative estimate of drug-likeness (QED) is 0.141. The Morgan fingerprint density at radius 3 is 0.948 bits per heavy atom. The number of alkyl halides is 12. The highest BCUT2D eigenvalue weighted by Gasteiger charge is 2.73. The number of rotatable bonds is 7. The molecule has 0 aliphatic rings. The predicted molar refractivity (Wildman–Crippen MR) is 198 cm³/mol. The van der Waals surface area contributed by atoms with E-state index in [1.807, 2.05) is 44.2 Å². The minimum atomic E-state index is -6.01. The highest BCUT2D eigenvalue weighted by Crippen LogP contribution is 2.59. The third kappa shape index (κ3) is 6.03. The lowest BCUT2D eigenvalue weighted by Gasteiger charge is -2.38. The third-order valence-electron chi connectivity index (χ3n) is 11.1. The van der Waals surface area contributed by atoms with Crippen LogP contribution in [0.25, 0.3) is 27.5 Å². The van der Waals surface area contributed by atoms with Gasteiger partial charge in [-0.15, -0.1) is 0 Å². The maximum Gasteiger partial charge on any atom is 0.411 e. The van der Waals surface area contributed by atoms with Crippen molar-refractivity contribution in [1.29, 1.82) is 0 Å². The number of benzene rings is 6. The molecule has 1 nitrogen and oxygen atoms in total. The van der Waals surface area contributed by atoms with Crippen LogP contribution >= 0.6 is 0 Å². The van der Waals surface area contributed by atoms with Gasteiger partial charge in [0.2, 0.25) is 10.8 Å². The van der Waals surface area contributed by atoms with Crippen molar-refractivity contribution in [3.05, 3.63) is 185 Å². The molecule has 7 aromatic rings. The molecule has 7 rings (SSSR count). The molecule has 0 aliphatic heterocycles. The molecule has 0 amide bonds. The molecule has 0 saturated heterocycles. The van der Waals surface area contributed by atoms with Crippen molar-refractivity contribution >= 4 is 21.8 Å². The zero-order chi connectivity index (χ0) is 42.1. The minimum absolute atomic E-state index is 0.0680. The van der Waals surface area contributed by atoms with Crippen molar-refractivity contribution < 1.29 is 52.7 Å². The average Bonchev–Trinajstić information content (AvgIpc) is 3.47. The highest BCUT2D eigenvalue weighted by molar-refractivity contribution is 6.10. The Bertz CT molecular complexity index is 2400. The fraction of sp³-hybridized carbons (Fsp3) is 0.200. The summed E-state index contributed by atoms with van der Waals surface area (Å²) >= 11 is 0. The van der Waals surface area contributed by atoms with Crippen molar-refractivity contribution in [3.63, 3.8) is 0 Å². The van der Waals surface area contributed by atoms with Gasteiger partial charge in [-0.2, -0.15) is 52.7 Å². The SMILES string of the molecule is CC(C)(c1ccccc1)c1ccc(-n2c3ccc(C(c4ccccc4)(C(F)(F)F)C(F)(F)F)cc3c3cc(C(c4ccccc4)(C(F)(F)F)C(F)(F)F)ccc32)cc1. The van der Waals surface area contributed by atoms with Crippen molar-refractivity contribution in [2.75, 3.05) is 0 Å². The van der Waals surface area contributed by atoms with Crippen molar-refractivity contribution in [1.82, 2.24) is 4.57 Å². The van der Waals surface area contributed by atoms with Gasteiger partial charge in [0.25, 0.3) is 0 Å². The molecule has 6 aromatic carbocycles. The van der Waals surface area contributed by atoms with Crippen molar-refractivity contribution in [3.8, 4) is 5.69 Å². The van der Waals surface area contributed by atoms with Gasteiger partial charge < -0.3 is 4.57 Å². The first-order valence-corrected chi connectivity index (χ1v) is 17.7. The normalized spacial score (nSPS) is 13.7. The van der Waals surface area contributed by atoms with Gasteiger partial charge in [-0.1, -0.05) is 129 Å². The van der Waals surface area contributed by atoms with Crippen LogP contribution in [0.2, 0.25) is 0 Å². The van der Waals surface area contributed by atoms with Gasteiger partial charge in [-0.25, -0.2) is 0 Å². The topological polar surface area (TPSA) is 4.93 Å². The Morgan fingerprint density at radius 1 is 0.328 bits per heavy atom. The maximum absolute atomic E-state index is 15.2. The van der Waals surface area contributed by atoms with Crippen LogP contribution in [-0.4, -0.2) is 29.3 Å². The van der Waals surface area contributed by atoms with Crippen LogP contribution in [0.3, 0.4) is 0 Å². The minimum Gasteiger partial charge on any atom is -0.309 e. The zero-order valence-electron chi connectivity index (χ0n) is 30.4. The van der Waals surface area contributed by atoms with Crippen LogP contribution in [0.4, 0.5) is 52.7 Å². The monoisotopic (exact) mass is 813 g/mol. The lowest BCUT2D eigenvalue weighted by atomic mass is 9.72. The third-order valence-corrected chi connectivity index (χ3v) is 11.1. The molecule has 0 atom stereocenters. The van der Waals surface area contributed by atoms with E-state index in [9.17, 15) is 0 Å².